The summed E-state index contributed by atoms with van der Waals surface area (Å²) in [5.41, 5.74) is 0.815. The maximum absolute atomic E-state index is 12.2. The number of nitrogens with zero attached hydrogens (tertiary/aromatic N) is 4. The number of hydrogen-bond acceptors (Lipinski definition) is 5. The molecule has 2 rings (SSSR count). The van der Waals surface area contributed by atoms with Crippen molar-refractivity contribution in [2.75, 3.05) is 13.1 Å². The van der Waals surface area contributed by atoms with Gasteiger partial charge in [-0.15, -0.1) is 5.10 Å². The lowest BCUT2D eigenvalue weighted by Crippen LogP contribution is -2.34. The molecule has 0 radical (unpaired) electrons. The summed E-state index contributed by atoms with van der Waals surface area (Å²) >= 11 is 0. The van der Waals surface area contributed by atoms with E-state index in [9.17, 15) is 13.2 Å². The smallest absolute Gasteiger partial charge is 0.323 e. The van der Waals surface area contributed by atoms with E-state index >= 15 is 0 Å². The van der Waals surface area contributed by atoms with E-state index in [2.05, 4.69) is 14.8 Å². The van der Waals surface area contributed by atoms with Gasteiger partial charge in [-0.1, -0.05) is 30.3 Å². The van der Waals surface area contributed by atoms with Crippen molar-refractivity contribution in [3.8, 4) is 0 Å². The molecule has 0 fully saturated rings. The summed E-state index contributed by atoms with van der Waals surface area (Å²) in [6, 6.07) is 8.68. The van der Waals surface area contributed by atoms with Crippen molar-refractivity contribution in [3.05, 3.63) is 42.2 Å². The van der Waals surface area contributed by atoms with Crippen LogP contribution in [0.2, 0.25) is 0 Å². The zero-order valence-electron chi connectivity index (χ0n) is 13.0. The minimum Gasteiger partial charge on any atom is -0.323 e. The van der Waals surface area contributed by atoms with Gasteiger partial charge in [0.05, 0.1) is 0 Å². The van der Waals surface area contributed by atoms with E-state index < -0.39 is 21.2 Å². The number of amides is 1. The second-order valence-electron chi connectivity index (χ2n) is 4.74. The fourth-order valence-corrected chi connectivity index (χ4v) is 2.81. The Kier molecular flexibility index (Phi) is 5.45. The fraction of sp³-hybridized carbons (Fsp3) is 0.357. The summed E-state index contributed by atoms with van der Waals surface area (Å²) < 4.78 is 27.7. The van der Waals surface area contributed by atoms with Crippen LogP contribution in [0, 0.1) is 0 Å². The lowest BCUT2D eigenvalue weighted by molar-refractivity contribution is 0.201. The van der Waals surface area contributed by atoms with Crippen LogP contribution in [0.25, 0.3) is 0 Å². The Hall–Kier alpha value is -2.26. The highest BCUT2D eigenvalue weighted by Crippen LogP contribution is 2.05. The summed E-state index contributed by atoms with van der Waals surface area (Å²) in [4.78, 5) is 17.3. The number of rotatable bonds is 6. The minimum absolute atomic E-state index is 0.127. The van der Waals surface area contributed by atoms with Gasteiger partial charge in [-0.3, -0.25) is 0 Å². The van der Waals surface area contributed by atoms with Crippen molar-refractivity contribution < 1.29 is 13.2 Å². The van der Waals surface area contributed by atoms with Gasteiger partial charge in [-0.25, -0.2) is 22.9 Å². The maximum Gasteiger partial charge on any atom is 0.346 e. The number of carbonyl (C=O) groups excluding carboxylic acids is 1. The van der Waals surface area contributed by atoms with Crippen molar-refractivity contribution in [1.29, 1.82) is 0 Å². The second-order valence-corrected chi connectivity index (χ2v) is 6.40. The normalized spacial score (nSPS) is 11.4. The van der Waals surface area contributed by atoms with Crippen molar-refractivity contribution >= 4 is 16.1 Å². The predicted molar refractivity (Wildman–Crippen MR) is 84.2 cm³/mol. The van der Waals surface area contributed by atoms with Crippen molar-refractivity contribution in [3.63, 3.8) is 0 Å². The molecule has 0 atom stereocenters. The van der Waals surface area contributed by atoms with E-state index in [1.54, 1.807) is 12.1 Å². The van der Waals surface area contributed by atoms with Crippen LogP contribution in [0.4, 0.5) is 4.79 Å². The second kappa shape index (κ2) is 7.34. The van der Waals surface area contributed by atoms with Crippen LogP contribution in [0.1, 0.15) is 19.4 Å². The summed E-state index contributed by atoms with van der Waals surface area (Å²) in [5, 5.41) is 3.35. The molecule has 0 bridgehead atoms. The van der Waals surface area contributed by atoms with Crippen LogP contribution >= 0.6 is 0 Å². The summed E-state index contributed by atoms with van der Waals surface area (Å²) in [7, 11) is -3.87. The highest BCUT2D eigenvalue weighted by molar-refractivity contribution is 7.89. The topological polar surface area (TPSA) is 97.2 Å². The number of benzene rings is 1. The molecule has 23 heavy (non-hydrogen) atoms. The van der Waals surface area contributed by atoms with Gasteiger partial charge in [0.15, 0.2) is 0 Å². The molecule has 124 valence electrons. The average Bonchev–Trinajstić information content (AvgIpc) is 3.06. The molecule has 0 aliphatic carbocycles. The number of carbonyl (C=O) groups is 1. The van der Waals surface area contributed by atoms with Gasteiger partial charge in [0.2, 0.25) is 0 Å². The number of nitrogens with one attached hydrogen (secondary N) is 1. The average molecular weight is 337 g/mol. The molecule has 0 aliphatic heterocycles. The highest BCUT2D eigenvalue weighted by atomic mass is 32.2. The van der Waals surface area contributed by atoms with Gasteiger partial charge < -0.3 is 4.90 Å². The molecule has 8 nitrogen and oxygen atoms in total. The van der Waals surface area contributed by atoms with Crippen LogP contribution < -0.4 is 4.72 Å². The van der Waals surface area contributed by atoms with Gasteiger partial charge in [0.1, 0.15) is 6.33 Å². The van der Waals surface area contributed by atoms with Gasteiger partial charge in [-0.05, 0) is 19.4 Å². The third kappa shape index (κ3) is 4.14. The van der Waals surface area contributed by atoms with Gasteiger partial charge in [-0.2, -0.15) is 4.68 Å². The molecule has 1 aromatic heterocycles. The van der Waals surface area contributed by atoms with Crippen molar-refractivity contribution in [1.82, 2.24) is 24.4 Å². The first-order valence-electron chi connectivity index (χ1n) is 7.22. The predicted octanol–water partition coefficient (Wildman–Crippen LogP) is 1.07. The summed E-state index contributed by atoms with van der Waals surface area (Å²) in [5.74, 6) is 0. The first kappa shape index (κ1) is 17.1. The third-order valence-corrected chi connectivity index (χ3v) is 4.44. The van der Waals surface area contributed by atoms with Crippen LogP contribution in [-0.2, 0) is 16.6 Å². The molecular formula is C14H19N5O3S. The minimum atomic E-state index is -3.87. The summed E-state index contributed by atoms with van der Waals surface area (Å²) in [6.45, 7) is 4.80. The van der Waals surface area contributed by atoms with Gasteiger partial charge in [0, 0.05) is 19.6 Å². The molecule has 1 heterocycles. The van der Waals surface area contributed by atoms with Crippen LogP contribution in [0.5, 0.6) is 0 Å². The Morgan fingerprint density at radius 2 is 1.87 bits per heavy atom. The molecule has 9 heteroatoms. The molecule has 0 saturated heterocycles. The van der Waals surface area contributed by atoms with Crippen molar-refractivity contribution in [2.45, 2.75) is 25.5 Å². The van der Waals surface area contributed by atoms with Crippen LogP contribution in [0.15, 0.2) is 41.8 Å². The molecule has 0 unspecified atom stereocenters. The quantitative estimate of drug-likeness (QED) is 0.850. The zero-order chi connectivity index (χ0) is 16.9. The largest absolute Gasteiger partial charge is 0.346 e. The van der Waals surface area contributed by atoms with Crippen LogP contribution in [-0.4, -0.2) is 47.2 Å². The Morgan fingerprint density at radius 1 is 1.22 bits per heavy atom. The molecule has 0 saturated carbocycles. The number of sulfonamides is 1. The molecule has 1 amide bonds. The Balaban J connectivity index is 2.10. The van der Waals surface area contributed by atoms with E-state index in [-0.39, 0.29) is 6.54 Å². The van der Waals surface area contributed by atoms with Crippen molar-refractivity contribution in [2.24, 2.45) is 0 Å². The molecule has 0 aliphatic rings. The zero-order valence-corrected chi connectivity index (χ0v) is 13.8. The van der Waals surface area contributed by atoms with E-state index in [1.807, 2.05) is 32.0 Å². The lowest BCUT2D eigenvalue weighted by Gasteiger charge is -2.17. The van der Waals surface area contributed by atoms with E-state index in [0.29, 0.717) is 13.1 Å². The maximum atomic E-state index is 12.2. The SMILES string of the molecule is CCN(CC)C(=O)n1cnc(S(=O)(=O)NCc2ccccc2)n1. The van der Waals surface area contributed by atoms with Gasteiger partial charge >= 0.3 is 6.03 Å². The van der Waals surface area contributed by atoms with E-state index in [0.717, 1.165) is 16.6 Å². The number of aromatic nitrogens is 3. The Bertz CT molecular complexity index is 754. The molecule has 2 aromatic rings. The van der Waals surface area contributed by atoms with Gasteiger partial charge in [0.25, 0.3) is 15.2 Å². The Labute approximate surface area is 135 Å². The van der Waals surface area contributed by atoms with Crippen LogP contribution in [0.3, 0.4) is 0 Å². The monoisotopic (exact) mass is 337 g/mol. The third-order valence-electron chi connectivity index (χ3n) is 3.25. The molecule has 1 N–H and O–H groups in total. The van der Waals surface area contributed by atoms with E-state index in [1.165, 1.54) is 4.90 Å². The summed E-state index contributed by atoms with van der Waals surface area (Å²) in [6.07, 6.45) is 1.11. The molecule has 0 spiro atoms. The van der Waals surface area contributed by atoms with E-state index in [4.69, 9.17) is 0 Å². The first-order valence-corrected chi connectivity index (χ1v) is 8.70. The first-order chi connectivity index (χ1) is 11.0. The standard InChI is InChI=1S/C14H19N5O3S/c1-3-18(4-2)14(20)19-11-15-13(17-19)23(21,22)16-10-12-8-6-5-7-9-12/h5-9,11,16H,3-4,10H2,1-2H3. The molecule has 1 aromatic carbocycles. The number of hydrogen-bond donors (Lipinski definition) is 1. The fourth-order valence-electron chi connectivity index (χ4n) is 1.94. The highest BCUT2D eigenvalue weighted by Gasteiger charge is 2.22. The molecular weight excluding hydrogens is 318 g/mol. The Morgan fingerprint density at radius 3 is 2.48 bits per heavy atom. The lowest BCUT2D eigenvalue weighted by atomic mass is 10.2.